The number of benzene rings is 4. The van der Waals surface area contributed by atoms with Gasteiger partial charge in [-0.3, -0.25) is 0 Å². The number of aliphatic hydroxyl groups excluding tert-OH is 3. The molecule has 0 aliphatic heterocycles. The quantitative estimate of drug-likeness (QED) is 0.438. The van der Waals surface area contributed by atoms with Crippen LogP contribution >= 0.6 is 0 Å². The highest BCUT2D eigenvalue weighted by Crippen LogP contribution is 2.41. The van der Waals surface area contributed by atoms with Crippen LogP contribution in [0.25, 0.3) is 32.3 Å². The first kappa shape index (κ1) is 13.3. The lowest BCUT2D eigenvalue weighted by Gasteiger charge is -2.32. The lowest BCUT2D eigenvalue weighted by Crippen LogP contribution is -2.38. The number of aliphatic hydroxyl groups is 3. The average Bonchev–Trinajstić information content (AvgIpc) is 2.58. The second kappa shape index (κ2) is 4.42. The Labute approximate surface area is 132 Å². The third kappa shape index (κ3) is 1.64. The highest BCUT2D eigenvalue weighted by atomic mass is 16.4. The van der Waals surface area contributed by atoms with Crippen molar-refractivity contribution < 1.29 is 15.3 Å². The second-order valence-electron chi connectivity index (χ2n) is 6.51. The summed E-state index contributed by atoms with van der Waals surface area (Å²) < 4.78 is 0. The van der Waals surface area contributed by atoms with Crippen LogP contribution in [0.2, 0.25) is 0 Å². The smallest absolute Gasteiger partial charge is 0.110 e. The number of fused-ring (bicyclic) bond motifs is 2. The molecule has 23 heavy (non-hydrogen) atoms. The lowest BCUT2D eigenvalue weighted by molar-refractivity contribution is -0.0682. The molecule has 0 saturated carbocycles. The highest BCUT2D eigenvalue weighted by Gasteiger charge is 2.34. The summed E-state index contributed by atoms with van der Waals surface area (Å²) in [5.41, 5.74) is 1.68. The zero-order valence-corrected chi connectivity index (χ0v) is 12.4. The predicted octanol–water partition coefficient (Wildman–Crippen LogP) is 2.90. The van der Waals surface area contributed by atoms with Gasteiger partial charge in [-0.05, 0) is 49.5 Å². The van der Waals surface area contributed by atoms with Gasteiger partial charge in [-0.2, -0.15) is 0 Å². The van der Waals surface area contributed by atoms with Crippen molar-refractivity contribution in [2.45, 2.75) is 24.7 Å². The SMILES string of the molecule is OC1c2cc3ccc4cccc5ccc(c2C[C@H](O)[C@H]1O)c3c45. The van der Waals surface area contributed by atoms with Crippen molar-refractivity contribution >= 4 is 32.3 Å². The Morgan fingerprint density at radius 3 is 2.26 bits per heavy atom. The minimum atomic E-state index is -1.13. The largest absolute Gasteiger partial charge is 0.390 e. The molecule has 0 fully saturated rings. The average molecular weight is 304 g/mol. The van der Waals surface area contributed by atoms with E-state index in [0.717, 1.165) is 21.9 Å². The van der Waals surface area contributed by atoms with Crippen molar-refractivity contribution in [1.29, 1.82) is 0 Å². The maximum absolute atomic E-state index is 10.4. The molecule has 1 unspecified atom stereocenters. The fraction of sp³-hybridized carbons (Fsp3) is 0.200. The molecule has 0 bridgehead atoms. The van der Waals surface area contributed by atoms with Crippen molar-refractivity contribution in [1.82, 2.24) is 0 Å². The molecule has 1 aliphatic carbocycles. The summed E-state index contributed by atoms with van der Waals surface area (Å²) in [5, 5.41) is 37.4. The van der Waals surface area contributed by atoms with E-state index in [2.05, 4.69) is 42.5 Å². The molecule has 1 aliphatic rings. The first-order chi connectivity index (χ1) is 11.1. The van der Waals surface area contributed by atoms with Crippen molar-refractivity contribution in [3.05, 3.63) is 59.7 Å². The summed E-state index contributed by atoms with van der Waals surface area (Å²) in [6.45, 7) is 0. The molecule has 3 nitrogen and oxygen atoms in total. The Balaban J connectivity index is 1.99. The normalized spacial score (nSPS) is 24.6. The lowest BCUT2D eigenvalue weighted by atomic mass is 9.80. The third-order valence-corrected chi connectivity index (χ3v) is 5.24. The standard InChI is InChI=1S/C20H16O3/c21-16-9-14-13-7-6-11-3-1-2-10-4-5-12(18(13)17(10)11)8-15(14)19(22)20(16)23/h1-8,16,19-23H,9H2/t16-,19?,20+/m0/s1. The number of hydrogen-bond donors (Lipinski definition) is 3. The minimum Gasteiger partial charge on any atom is -0.390 e. The van der Waals surface area contributed by atoms with Gasteiger partial charge in [0.1, 0.15) is 12.2 Å². The van der Waals surface area contributed by atoms with E-state index in [-0.39, 0.29) is 0 Å². The van der Waals surface area contributed by atoms with E-state index in [1.54, 1.807) is 0 Å². The van der Waals surface area contributed by atoms with Gasteiger partial charge < -0.3 is 15.3 Å². The Kier molecular flexibility index (Phi) is 2.55. The van der Waals surface area contributed by atoms with E-state index in [4.69, 9.17) is 0 Å². The molecule has 0 radical (unpaired) electrons. The van der Waals surface area contributed by atoms with Crippen LogP contribution in [0, 0.1) is 0 Å². The van der Waals surface area contributed by atoms with Crippen molar-refractivity contribution in [3.63, 3.8) is 0 Å². The first-order valence-corrected chi connectivity index (χ1v) is 7.88. The zero-order chi connectivity index (χ0) is 15.7. The Bertz CT molecular complexity index is 1040. The third-order valence-electron chi connectivity index (χ3n) is 5.24. The first-order valence-electron chi connectivity index (χ1n) is 7.88. The summed E-state index contributed by atoms with van der Waals surface area (Å²) in [6.07, 6.45) is -2.75. The number of hydrogen-bond acceptors (Lipinski definition) is 3. The molecule has 0 aromatic heterocycles. The number of rotatable bonds is 0. The van der Waals surface area contributed by atoms with Gasteiger partial charge in [0.25, 0.3) is 0 Å². The van der Waals surface area contributed by atoms with Gasteiger partial charge >= 0.3 is 0 Å². The fourth-order valence-electron chi connectivity index (χ4n) is 4.11. The molecule has 3 heteroatoms. The van der Waals surface area contributed by atoms with Gasteiger partial charge in [0.05, 0.1) is 6.10 Å². The van der Waals surface area contributed by atoms with Gasteiger partial charge in [-0.25, -0.2) is 0 Å². The Morgan fingerprint density at radius 2 is 1.48 bits per heavy atom. The van der Waals surface area contributed by atoms with Crippen LogP contribution < -0.4 is 0 Å². The minimum absolute atomic E-state index is 0.363. The molecule has 4 aromatic carbocycles. The molecule has 3 atom stereocenters. The van der Waals surface area contributed by atoms with E-state index in [1.165, 1.54) is 21.5 Å². The fourth-order valence-corrected chi connectivity index (χ4v) is 4.11. The molecule has 114 valence electrons. The van der Waals surface area contributed by atoms with Gasteiger partial charge in [-0.15, -0.1) is 0 Å². The van der Waals surface area contributed by atoms with Crippen LogP contribution in [0.15, 0.2) is 48.5 Å². The summed E-state index contributed by atoms with van der Waals surface area (Å²) >= 11 is 0. The van der Waals surface area contributed by atoms with Crippen LogP contribution in [0.3, 0.4) is 0 Å². The Morgan fingerprint density at radius 1 is 0.783 bits per heavy atom. The van der Waals surface area contributed by atoms with Gasteiger partial charge in [0, 0.05) is 6.42 Å². The molecule has 0 spiro atoms. The highest BCUT2D eigenvalue weighted by molar-refractivity contribution is 6.23. The molecule has 0 amide bonds. The molecule has 5 rings (SSSR count). The predicted molar refractivity (Wildman–Crippen MR) is 90.8 cm³/mol. The summed E-state index contributed by atoms with van der Waals surface area (Å²) in [6, 6.07) is 16.5. The molecule has 0 saturated heterocycles. The van der Waals surface area contributed by atoms with Crippen molar-refractivity contribution in [2.24, 2.45) is 0 Å². The van der Waals surface area contributed by atoms with E-state index in [9.17, 15) is 15.3 Å². The molecule has 4 aromatic rings. The van der Waals surface area contributed by atoms with Crippen LogP contribution in [0.4, 0.5) is 0 Å². The summed E-state index contributed by atoms with van der Waals surface area (Å²) in [4.78, 5) is 0. The van der Waals surface area contributed by atoms with Crippen LogP contribution in [0.1, 0.15) is 17.2 Å². The molecule has 3 N–H and O–H groups in total. The zero-order valence-electron chi connectivity index (χ0n) is 12.4. The monoisotopic (exact) mass is 304 g/mol. The molecular weight excluding hydrogens is 288 g/mol. The molecular formula is C20H16O3. The summed E-state index contributed by atoms with van der Waals surface area (Å²) in [5.74, 6) is 0. The van der Waals surface area contributed by atoms with Gasteiger partial charge in [0.15, 0.2) is 0 Å². The van der Waals surface area contributed by atoms with Gasteiger partial charge in [0.2, 0.25) is 0 Å². The van der Waals surface area contributed by atoms with Crippen LogP contribution in [-0.2, 0) is 6.42 Å². The van der Waals surface area contributed by atoms with E-state index in [1.807, 2.05) is 6.07 Å². The molecule has 0 heterocycles. The Hall–Kier alpha value is -2.20. The van der Waals surface area contributed by atoms with Crippen LogP contribution in [0.5, 0.6) is 0 Å². The van der Waals surface area contributed by atoms with Crippen LogP contribution in [-0.4, -0.2) is 27.5 Å². The van der Waals surface area contributed by atoms with E-state index < -0.39 is 18.3 Å². The van der Waals surface area contributed by atoms with Gasteiger partial charge in [-0.1, -0.05) is 42.5 Å². The second-order valence-corrected chi connectivity index (χ2v) is 6.51. The summed E-state index contributed by atoms with van der Waals surface area (Å²) in [7, 11) is 0. The topological polar surface area (TPSA) is 60.7 Å². The van der Waals surface area contributed by atoms with Crippen molar-refractivity contribution in [2.75, 3.05) is 0 Å². The maximum Gasteiger partial charge on any atom is 0.110 e. The van der Waals surface area contributed by atoms with E-state index >= 15 is 0 Å². The maximum atomic E-state index is 10.4. The van der Waals surface area contributed by atoms with E-state index in [0.29, 0.717) is 6.42 Å². The van der Waals surface area contributed by atoms with Crippen molar-refractivity contribution in [3.8, 4) is 0 Å².